The normalized spacial score (nSPS) is 11.5. The van der Waals surface area contributed by atoms with E-state index in [4.69, 9.17) is 4.98 Å². The van der Waals surface area contributed by atoms with Crippen LogP contribution in [0, 0.1) is 0 Å². The molecule has 170 valence electrons. The highest BCUT2D eigenvalue weighted by molar-refractivity contribution is 7.99. The van der Waals surface area contributed by atoms with Crippen LogP contribution in [0.3, 0.4) is 0 Å². The first-order valence-corrected chi connectivity index (χ1v) is 12.1. The number of rotatable bonds is 6. The van der Waals surface area contributed by atoms with Gasteiger partial charge in [0.15, 0.2) is 0 Å². The van der Waals surface area contributed by atoms with E-state index in [1.807, 2.05) is 60.7 Å². The Hall–Kier alpha value is -4.42. The molecular formula is C23H15N9OS2. The Kier molecular flexibility index (Phi) is 5.48. The molecule has 0 saturated carbocycles. The van der Waals surface area contributed by atoms with Gasteiger partial charge in [0.05, 0.1) is 27.7 Å². The third kappa shape index (κ3) is 4.16. The number of thiazole rings is 1. The molecule has 4 heterocycles. The Labute approximate surface area is 206 Å². The maximum atomic E-state index is 13.3. The molecule has 2 aromatic carbocycles. The van der Waals surface area contributed by atoms with E-state index in [2.05, 4.69) is 31.0 Å². The largest absolute Gasteiger partial charge is 0.268 e. The van der Waals surface area contributed by atoms with Crippen molar-refractivity contribution >= 4 is 50.3 Å². The number of benzene rings is 2. The van der Waals surface area contributed by atoms with Gasteiger partial charge < -0.3 is 0 Å². The molecule has 10 nitrogen and oxygen atoms in total. The van der Waals surface area contributed by atoms with Gasteiger partial charge in [0, 0.05) is 6.20 Å². The highest BCUT2D eigenvalue weighted by atomic mass is 32.2. The van der Waals surface area contributed by atoms with E-state index in [9.17, 15) is 4.79 Å². The Morgan fingerprint density at radius 1 is 0.971 bits per heavy atom. The van der Waals surface area contributed by atoms with Crippen LogP contribution < -0.4 is 11.0 Å². The van der Waals surface area contributed by atoms with Crippen molar-refractivity contribution in [2.75, 3.05) is 5.43 Å². The van der Waals surface area contributed by atoms with Gasteiger partial charge in [0.1, 0.15) is 10.7 Å². The van der Waals surface area contributed by atoms with Gasteiger partial charge in [-0.2, -0.15) is 9.78 Å². The summed E-state index contributed by atoms with van der Waals surface area (Å²) in [5.41, 5.74) is 5.16. The summed E-state index contributed by atoms with van der Waals surface area (Å²) in [5, 5.41) is 17.9. The number of para-hydroxylation sites is 2. The van der Waals surface area contributed by atoms with Gasteiger partial charge in [-0.05, 0) is 58.6 Å². The van der Waals surface area contributed by atoms with Crippen LogP contribution in [0.5, 0.6) is 0 Å². The lowest BCUT2D eigenvalue weighted by molar-refractivity contribution is 0.755. The second-order valence-corrected chi connectivity index (χ2v) is 9.22. The van der Waals surface area contributed by atoms with Crippen molar-refractivity contribution in [2.45, 2.75) is 10.2 Å². The van der Waals surface area contributed by atoms with Crippen LogP contribution in [0.4, 0.5) is 5.13 Å². The maximum Gasteiger partial charge on any atom is 0.267 e. The van der Waals surface area contributed by atoms with Crippen molar-refractivity contribution in [3.63, 3.8) is 0 Å². The Morgan fingerprint density at radius 2 is 1.80 bits per heavy atom. The lowest BCUT2D eigenvalue weighted by Crippen LogP contribution is -2.21. The van der Waals surface area contributed by atoms with Crippen LogP contribution in [-0.2, 0) is 0 Å². The summed E-state index contributed by atoms with van der Waals surface area (Å²) in [7, 11) is 0. The highest BCUT2D eigenvalue weighted by Crippen LogP contribution is 2.28. The number of nitrogens with one attached hydrogen (secondary N) is 1. The van der Waals surface area contributed by atoms with Gasteiger partial charge in [-0.25, -0.2) is 9.97 Å². The van der Waals surface area contributed by atoms with Gasteiger partial charge >= 0.3 is 0 Å². The first-order chi connectivity index (χ1) is 17.3. The molecular weight excluding hydrogens is 482 g/mol. The van der Waals surface area contributed by atoms with Gasteiger partial charge in [0.25, 0.3) is 5.56 Å². The summed E-state index contributed by atoms with van der Waals surface area (Å²) in [6, 6.07) is 22.7. The Bertz CT molecular complexity index is 1710. The van der Waals surface area contributed by atoms with E-state index in [0.717, 1.165) is 15.9 Å². The average Bonchev–Trinajstić information content (AvgIpc) is 3.53. The van der Waals surface area contributed by atoms with Crippen molar-refractivity contribution in [2.24, 2.45) is 5.10 Å². The van der Waals surface area contributed by atoms with E-state index in [1.165, 1.54) is 33.7 Å². The molecule has 4 aromatic heterocycles. The monoisotopic (exact) mass is 497 g/mol. The molecule has 12 heteroatoms. The summed E-state index contributed by atoms with van der Waals surface area (Å²) in [6.45, 7) is 0. The molecule has 0 saturated heterocycles. The summed E-state index contributed by atoms with van der Waals surface area (Å²) >= 11 is 2.67. The molecule has 0 aliphatic rings. The predicted molar refractivity (Wildman–Crippen MR) is 136 cm³/mol. The lowest BCUT2D eigenvalue weighted by atomic mass is 10.3. The SMILES string of the molecule is O=c1c(/C=N\Nc2nc3ccccc3s2)c(Sc2nnnn2-c2ccccc2)nc2ccccn12. The van der Waals surface area contributed by atoms with E-state index >= 15 is 0 Å². The molecule has 6 aromatic rings. The zero-order chi connectivity index (χ0) is 23.6. The van der Waals surface area contributed by atoms with Crippen LogP contribution >= 0.6 is 23.1 Å². The average molecular weight is 498 g/mol. The molecule has 6 rings (SSSR count). The minimum absolute atomic E-state index is 0.258. The summed E-state index contributed by atoms with van der Waals surface area (Å²) in [4.78, 5) is 22.5. The molecule has 0 atom stereocenters. The molecule has 0 aliphatic heterocycles. The third-order valence-corrected chi connectivity index (χ3v) is 6.89. The number of hydrazone groups is 1. The standard InChI is InChI=1S/C23H15N9OS2/c33-21-16(14-24-27-22-25-17-10-4-5-11-18(17)34-22)20(26-19-12-6-7-13-31(19)21)35-23-28-29-30-32(23)15-8-2-1-3-9-15/h1-14H,(H,25,27)/b24-14-. The minimum atomic E-state index is -0.258. The zero-order valence-electron chi connectivity index (χ0n) is 17.9. The minimum Gasteiger partial charge on any atom is -0.268 e. The molecule has 1 N–H and O–H groups in total. The predicted octanol–water partition coefficient (Wildman–Crippen LogP) is 3.88. The van der Waals surface area contributed by atoms with E-state index < -0.39 is 0 Å². The lowest BCUT2D eigenvalue weighted by Gasteiger charge is -2.08. The van der Waals surface area contributed by atoms with Gasteiger partial charge in [-0.3, -0.25) is 14.6 Å². The fourth-order valence-corrected chi connectivity index (χ4v) is 5.09. The van der Waals surface area contributed by atoms with Crippen molar-refractivity contribution < 1.29 is 0 Å². The van der Waals surface area contributed by atoms with E-state index in [1.54, 1.807) is 23.0 Å². The number of fused-ring (bicyclic) bond motifs is 2. The smallest absolute Gasteiger partial charge is 0.267 e. The van der Waals surface area contributed by atoms with Crippen LogP contribution in [0.2, 0.25) is 0 Å². The number of tetrazole rings is 1. The second kappa shape index (κ2) is 9.08. The Morgan fingerprint density at radius 3 is 2.69 bits per heavy atom. The van der Waals surface area contributed by atoms with Crippen LogP contribution in [-0.4, -0.2) is 40.8 Å². The number of nitrogens with zero attached hydrogens (tertiary/aromatic N) is 8. The van der Waals surface area contributed by atoms with Gasteiger partial charge in [-0.15, -0.1) is 5.10 Å². The van der Waals surface area contributed by atoms with Gasteiger partial charge in [0.2, 0.25) is 10.3 Å². The van der Waals surface area contributed by atoms with Gasteiger partial charge in [-0.1, -0.05) is 47.7 Å². The first kappa shape index (κ1) is 21.1. The molecule has 0 unspecified atom stereocenters. The second-order valence-electron chi connectivity index (χ2n) is 7.23. The number of hydrogen-bond donors (Lipinski definition) is 1. The number of anilines is 1. The first-order valence-electron chi connectivity index (χ1n) is 10.4. The van der Waals surface area contributed by atoms with Crippen molar-refractivity contribution in [1.82, 2.24) is 34.6 Å². The third-order valence-electron chi connectivity index (χ3n) is 5.01. The molecule has 0 radical (unpaired) electrons. The highest BCUT2D eigenvalue weighted by Gasteiger charge is 2.17. The van der Waals surface area contributed by atoms with Crippen LogP contribution in [0.15, 0.2) is 99.1 Å². The van der Waals surface area contributed by atoms with Crippen molar-refractivity contribution in [1.29, 1.82) is 0 Å². The number of hydrogen-bond acceptors (Lipinski definition) is 10. The fraction of sp³-hybridized carbons (Fsp3) is 0. The summed E-state index contributed by atoms with van der Waals surface area (Å²) in [6.07, 6.45) is 3.13. The molecule has 0 fully saturated rings. The maximum absolute atomic E-state index is 13.3. The quantitative estimate of drug-likeness (QED) is 0.209. The number of aromatic nitrogens is 7. The van der Waals surface area contributed by atoms with Crippen molar-refractivity contribution in [3.8, 4) is 5.69 Å². The summed E-state index contributed by atoms with van der Waals surface area (Å²) in [5.74, 6) is 0. The molecule has 0 spiro atoms. The summed E-state index contributed by atoms with van der Waals surface area (Å²) < 4.78 is 4.12. The Balaban J connectivity index is 1.38. The van der Waals surface area contributed by atoms with E-state index in [0.29, 0.717) is 26.5 Å². The number of pyridine rings is 1. The van der Waals surface area contributed by atoms with E-state index in [-0.39, 0.29) is 5.56 Å². The fourth-order valence-electron chi connectivity index (χ4n) is 3.40. The molecule has 0 bridgehead atoms. The molecule has 0 aliphatic carbocycles. The topological polar surface area (TPSA) is 115 Å². The zero-order valence-corrected chi connectivity index (χ0v) is 19.5. The van der Waals surface area contributed by atoms with Crippen LogP contribution in [0.1, 0.15) is 5.56 Å². The molecule has 0 amide bonds. The van der Waals surface area contributed by atoms with Crippen molar-refractivity contribution in [3.05, 3.63) is 94.9 Å². The molecule has 35 heavy (non-hydrogen) atoms. The van der Waals surface area contributed by atoms with Crippen LogP contribution in [0.25, 0.3) is 21.6 Å².